The zero-order chi connectivity index (χ0) is 25.1. The Morgan fingerprint density at radius 3 is 2.21 bits per heavy atom. The lowest BCUT2D eigenvalue weighted by molar-refractivity contribution is -0.148. The summed E-state index contributed by atoms with van der Waals surface area (Å²) in [6, 6.07) is 9.46. The molecule has 0 saturated heterocycles. The highest BCUT2D eigenvalue weighted by Gasteiger charge is 2.34. The summed E-state index contributed by atoms with van der Waals surface area (Å²) in [6.07, 6.45) is -1.68. The number of benzene rings is 2. The van der Waals surface area contributed by atoms with Gasteiger partial charge in [0, 0.05) is 29.2 Å². The van der Waals surface area contributed by atoms with Crippen LogP contribution in [-0.4, -0.2) is 33.6 Å². The molecule has 7 nitrogen and oxygen atoms in total. The fraction of sp³-hybridized carbons (Fsp3) is 0.217. The molecule has 34 heavy (non-hydrogen) atoms. The fourth-order valence-electron chi connectivity index (χ4n) is 2.68. The first-order chi connectivity index (χ1) is 15.9. The van der Waals surface area contributed by atoms with Gasteiger partial charge in [-0.25, -0.2) is 9.97 Å². The van der Waals surface area contributed by atoms with Gasteiger partial charge in [0.1, 0.15) is 6.61 Å². The van der Waals surface area contributed by atoms with Crippen molar-refractivity contribution in [3.05, 3.63) is 71.0 Å². The van der Waals surface area contributed by atoms with Gasteiger partial charge in [0.2, 0.25) is 0 Å². The number of carbonyl (C=O) groups excluding carboxylic acids is 1. The summed E-state index contributed by atoms with van der Waals surface area (Å²) in [5.41, 5.74) is -0.652. The molecule has 0 unspecified atom stereocenters. The van der Waals surface area contributed by atoms with E-state index in [0.29, 0.717) is 22.9 Å². The summed E-state index contributed by atoms with van der Waals surface area (Å²) >= 11 is 5.59. The third kappa shape index (κ3) is 6.02. The molecular weight excluding hydrogens is 475 g/mol. The quantitative estimate of drug-likeness (QED) is 0.447. The number of rotatable bonds is 7. The van der Waals surface area contributed by atoms with E-state index in [1.807, 2.05) is 0 Å². The van der Waals surface area contributed by atoms with Crippen molar-refractivity contribution in [2.24, 2.45) is 5.41 Å². The van der Waals surface area contributed by atoms with Crippen LogP contribution in [0.1, 0.15) is 29.8 Å². The number of nitrogens with one attached hydrogen (secondary N) is 1. The number of anilines is 1. The van der Waals surface area contributed by atoms with Crippen LogP contribution in [-0.2, 0) is 11.0 Å². The molecule has 3 aromatic rings. The Morgan fingerprint density at radius 2 is 1.65 bits per heavy atom. The number of hydrogen-bond acceptors (Lipinski definition) is 5. The molecule has 0 saturated carbocycles. The first kappa shape index (κ1) is 25.0. The number of aromatic nitrogens is 2. The number of ether oxygens (including phenoxy) is 1. The molecule has 1 aromatic heterocycles. The molecule has 1 amide bonds. The van der Waals surface area contributed by atoms with E-state index in [1.54, 1.807) is 24.3 Å². The molecule has 0 aliphatic carbocycles. The average Bonchev–Trinajstić information content (AvgIpc) is 2.78. The van der Waals surface area contributed by atoms with Crippen LogP contribution in [0, 0.1) is 5.41 Å². The van der Waals surface area contributed by atoms with Crippen molar-refractivity contribution < 1.29 is 32.6 Å². The van der Waals surface area contributed by atoms with Gasteiger partial charge in [-0.3, -0.25) is 9.59 Å². The molecule has 0 spiro atoms. The lowest BCUT2D eigenvalue weighted by Crippen LogP contribution is -2.31. The molecule has 11 heteroatoms. The van der Waals surface area contributed by atoms with Gasteiger partial charge in [-0.05, 0) is 49.7 Å². The molecule has 3 rings (SSSR count). The summed E-state index contributed by atoms with van der Waals surface area (Å²) in [4.78, 5) is 31.6. The zero-order valence-corrected chi connectivity index (χ0v) is 18.7. The maximum atomic E-state index is 13.0. The molecular formula is C23H19ClF3N3O4. The Kier molecular flexibility index (Phi) is 7.11. The van der Waals surface area contributed by atoms with Crippen molar-refractivity contribution in [1.82, 2.24) is 9.97 Å². The largest absolute Gasteiger partial charge is 0.481 e. The molecule has 0 radical (unpaired) electrons. The van der Waals surface area contributed by atoms with Crippen LogP contribution in [0.2, 0.25) is 5.02 Å². The van der Waals surface area contributed by atoms with Crippen LogP contribution in [0.5, 0.6) is 6.01 Å². The summed E-state index contributed by atoms with van der Waals surface area (Å²) in [5.74, 6) is -1.72. The van der Waals surface area contributed by atoms with E-state index < -0.39 is 34.1 Å². The predicted molar refractivity (Wildman–Crippen MR) is 119 cm³/mol. The fourth-order valence-corrected chi connectivity index (χ4v) is 2.90. The van der Waals surface area contributed by atoms with Crippen molar-refractivity contribution in [3.8, 4) is 17.1 Å². The van der Waals surface area contributed by atoms with Crippen LogP contribution in [0.4, 0.5) is 18.9 Å². The molecule has 0 atom stereocenters. The van der Waals surface area contributed by atoms with Gasteiger partial charge < -0.3 is 15.2 Å². The summed E-state index contributed by atoms with van der Waals surface area (Å²) in [7, 11) is 0. The molecule has 178 valence electrons. The molecule has 2 N–H and O–H groups in total. The molecule has 0 fully saturated rings. The second-order valence-corrected chi connectivity index (χ2v) is 8.36. The third-order valence-electron chi connectivity index (χ3n) is 4.78. The first-order valence-corrected chi connectivity index (χ1v) is 10.2. The number of alkyl halides is 3. The van der Waals surface area contributed by atoms with Crippen LogP contribution in [0.25, 0.3) is 11.1 Å². The highest BCUT2D eigenvalue weighted by molar-refractivity contribution is 6.31. The number of halogens is 4. The normalized spacial score (nSPS) is 11.7. The van der Waals surface area contributed by atoms with E-state index in [4.69, 9.17) is 21.4 Å². The van der Waals surface area contributed by atoms with Crippen molar-refractivity contribution in [2.45, 2.75) is 20.0 Å². The summed E-state index contributed by atoms with van der Waals surface area (Å²) in [5, 5.41) is 11.2. The van der Waals surface area contributed by atoms with Crippen molar-refractivity contribution in [2.75, 3.05) is 11.9 Å². The lowest BCUT2D eigenvalue weighted by Gasteiger charge is -2.18. The number of carboxylic acid groups (broad SMARTS) is 1. The van der Waals surface area contributed by atoms with Crippen molar-refractivity contribution in [3.63, 3.8) is 0 Å². The van der Waals surface area contributed by atoms with Gasteiger partial charge in [0.15, 0.2) is 0 Å². The van der Waals surface area contributed by atoms with Gasteiger partial charge in [-0.2, -0.15) is 13.2 Å². The number of carbonyl (C=O) groups is 2. The van der Waals surface area contributed by atoms with Crippen LogP contribution in [0.15, 0.2) is 54.9 Å². The number of amides is 1. The topological polar surface area (TPSA) is 101 Å². The van der Waals surface area contributed by atoms with E-state index in [9.17, 15) is 22.8 Å². The summed E-state index contributed by atoms with van der Waals surface area (Å²) < 4.78 is 44.4. The molecule has 1 heterocycles. The second kappa shape index (κ2) is 9.68. The summed E-state index contributed by atoms with van der Waals surface area (Å²) in [6.45, 7) is 2.94. The second-order valence-electron chi connectivity index (χ2n) is 7.96. The maximum Gasteiger partial charge on any atom is 0.417 e. The Balaban J connectivity index is 1.66. The molecule has 0 bridgehead atoms. The predicted octanol–water partition coefficient (Wildman–Crippen LogP) is 5.56. The molecule has 0 aliphatic rings. The van der Waals surface area contributed by atoms with Gasteiger partial charge in [0.25, 0.3) is 5.91 Å². The Hall–Kier alpha value is -3.66. The van der Waals surface area contributed by atoms with Gasteiger partial charge in [-0.1, -0.05) is 23.7 Å². The van der Waals surface area contributed by atoms with Crippen LogP contribution < -0.4 is 10.1 Å². The average molecular weight is 494 g/mol. The number of hydrogen-bond donors (Lipinski definition) is 2. The maximum absolute atomic E-state index is 13.0. The zero-order valence-electron chi connectivity index (χ0n) is 18.0. The van der Waals surface area contributed by atoms with Gasteiger partial charge in [-0.15, -0.1) is 0 Å². The van der Waals surface area contributed by atoms with Crippen LogP contribution in [0.3, 0.4) is 0 Å². The number of aliphatic carboxylic acids is 1. The van der Waals surface area contributed by atoms with Gasteiger partial charge in [0.05, 0.1) is 16.0 Å². The Labute approximate surface area is 197 Å². The molecule has 0 aliphatic heterocycles. The van der Waals surface area contributed by atoms with Gasteiger partial charge >= 0.3 is 18.2 Å². The van der Waals surface area contributed by atoms with E-state index in [1.165, 1.54) is 32.3 Å². The number of nitrogens with zero attached hydrogens (tertiary/aromatic N) is 2. The minimum Gasteiger partial charge on any atom is -0.481 e. The lowest BCUT2D eigenvalue weighted by atomic mass is 9.95. The monoisotopic (exact) mass is 493 g/mol. The van der Waals surface area contributed by atoms with E-state index in [2.05, 4.69) is 15.3 Å². The van der Waals surface area contributed by atoms with E-state index in [-0.39, 0.29) is 18.2 Å². The Morgan fingerprint density at radius 1 is 1.03 bits per heavy atom. The smallest absolute Gasteiger partial charge is 0.417 e. The van der Waals surface area contributed by atoms with Crippen LogP contribution >= 0.6 is 11.6 Å². The van der Waals surface area contributed by atoms with Crippen molar-refractivity contribution in [1.29, 1.82) is 0 Å². The minimum atomic E-state index is -4.68. The van der Waals surface area contributed by atoms with E-state index >= 15 is 0 Å². The van der Waals surface area contributed by atoms with E-state index in [0.717, 1.165) is 6.07 Å². The highest BCUT2D eigenvalue weighted by Crippen LogP contribution is 2.35. The third-order valence-corrected chi connectivity index (χ3v) is 5.11. The SMILES string of the molecule is CC(C)(COc1ncc(-c2ccc(NC(=O)c3ccc(Cl)c(C(F)(F)F)c3)cc2)cn1)C(=O)O. The standard InChI is InChI=1S/C23H19ClF3N3O4/c1-22(2,20(32)33)12-34-21-28-10-15(11-29-21)13-3-6-16(7-4-13)30-19(31)14-5-8-18(24)17(9-14)23(25,26)27/h3-11H,12H2,1-2H3,(H,30,31)(H,32,33). The highest BCUT2D eigenvalue weighted by atomic mass is 35.5. The first-order valence-electron chi connectivity index (χ1n) is 9.83. The van der Waals surface area contributed by atoms with Crippen molar-refractivity contribution >= 4 is 29.2 Å². The number of carboxylic acids is 1. The Bertz CT molecular complexity index is 1200. The minimum absolute atomic E-state index is 0.0307. The molecule has 2 aromatic carbocycles.